The highest BCUT2D eigenvalue weighted by atomic mass is 32.2. The summed E-state index contributed by atoms with van der Waals surface area (Å²) < 4.78 is 27.1. The molecule has 0 bridgehead atoms. The van der Waals surface area contributed by atoms with E-state index in [1.807, 2.05) is 26.0 Å². The van der Waals surface area contributed by atoms with Crippen molar-refractivity contribution in [3.63, 3.8) is 0 Å². The van der Waals surface area contributed by atoms with Crippen LogP contribution in [0, 0.1) is 6.92 Å². The van der Waals surface area contributed by atoms with Crippen molar-refractivity contribution in [1.29, 1.82) is 0 Å². The molecule has 0 spiro atoms. The van der Waals surface area contributed by atoms with Gasteiger partial charge in [-0.25, -0.2) is 8.42 Å². The minimum Gasteiger partial charge on any atom is -0.314 e. The third-order valence-corrected chi connectivity index (χ3v) is 5.57. The van der Waals surface area contributed by atoms with Crippen LogP contribution >= 0.6 is 0 Å². The van der Waals surface area contributed by atoms with E-state index in [0.29, 0.717) is 24.5 Å². The van der Waals surface area contributed by atoms with Crippen LogP contribution in [-0.2, 0) is 10.0 Å². The molecule has 2 N–H and O–H groups in total. The van der Waals surface area contributed by atoms with E-state index in [0.717, 1.165) is 18.7 Å². The highest BCUT2D eigenvalue weighted by Crippen LogP contribution is 2.18. The fourth-order valence-electron chi connectivity index (χ4n) is 2.33. The Morgan fingerprint density at radius 3 is 2.45 bits per heavy atom. The normalized spacial score (nSPS) is 22.8. The monoisotopic (exact) mass is 297 g/mol. The van der Waals surface area contributed by atoms with E-state index in [1.165, 1.54) is 0 Å². The average Bonchev–Trinajstić information content (AvgIpc) is 2.51. The first-order chi connectivity index (χ1) is 9.51. The molecule has 0 amide bonds. The second-order valence-corrected chi connectivity index (χ2v) is 7.12. The SMILES string of the molecule is Cc1ccc(S(=O)(=O)N2CCNCCNCC2C)cc1. The van der Waals surface area contributed by atoms with E-state index >= 15 is 0 Å². The van der Waals surface area contributed by atoms with Gasteiger partial charge in [-0.1, -0.05) is 17.7 Å². The zero-order chi connectivity index (χ0) is 14.6. The van der Waals surface area contributed by atoms with Gasteiger partial charge in [0.05, 0.1) is 4.90 Å². The number of nitrogens with zero attached hydrogens (tertiary/aromatic N) is 1. The van der Waals surface area contributed by atoms with E-state index in [9.17, 15) is 8.42 Å². The van der Waals surface area contributed by atoms with Crippen molar-refractivity contribution >= 4 is 10.0 Å². The van der Waals surface area contributed by atoms with Crippen LogP contribution in [0.5, 0.6) is 0 Å². The smallest absolute Gasteiger partial charge is 0.243 e. The lowest BCUT2D eigenvalue weighted by atomic mass is 10.2. The molecule has 5 nitrogen and oxygen atoms in total. The van der Waals surface area contributed by atoms with Crippen LogP contribution in [0.1, 0.15) is 12.5 Å². The van der Waals surface area contributed by atoms with Gasteiger partial charge in [-0.15, -0.1) is 0 Å². The fourth-order valence-corrected chi connectivity index (χ4v) is 3.96. The maximum absolute atomic E-state index is 12.8. The van der Waals surface area contributed by atoms with Crippen LogP contribution in [0.3, 0.4) is 0 Å². The third kappa shape index (κ3) is 3.58. The Balaban J connectivity index is 2.26. The number of benzene rings is 1. The first kappa shape index (κ1) is 15.4. The van der Waals surface area contributed by atoms with Gasteiger partial charge < -0.3 is 10.6 Å². The summed E-state index contributed by atoms with van der Waals surface area (Å²) in [6, 6.07) is 6.99. The van der Waals surface area contributed by atoms with Crippen molar-refractivity contribution in [3.05, 3.63) is 29.8 Å². The average molecular weight is 297 g/mol. The number of rotatable bonds is 2. The Morgan fingerprint density at radius 1 is 1.10 bits per heavy atom. The summed E-state index contributed by atoms with van der Waals surface area (Å²) in [5, 5.41) is 6.51. The van der Waals surface area contributed by atoms with Gasteiger partial charge in [-0.2, -0.15) is 4.31 Å². The topological polar surface area (TPSA) is 61.4 Å². The van der Waals surface area contributed by atoms with Crippen LogP contribution in [-0.4, -0.2) is 51.5 Å². The predicted octanol–water partition coefficient (Wildman–Crippen LogP) is 0.567. The Kier molecular flexibility index (Phi) is 5.15. The summed E-state index contributed by atoms with van der Waals surface area (Å²) in [4.78, 5) is 0.370. The van der Waals surface area contributed by atoms with Crippen LogP contribution < -0.4 is 10.6 Å². The van der Waals surface area contributed by atoms with E-state index in [-0.39, 0.29) is 6.04 Å². The van der Waals surface area contributed by atoms with Gasteiger partial charge in [0, 0.05) is 38.8 Å². The van der Waals surface area contributed by atoms with E-state index < -0.39 is 10.0 Å². The number of sulfonamides is 1. The molecule has 0 aliphatic carbocycles. The zero-order valence-electron chi connectivity index (χ0n) is 12.1. The highest BCUT2D eigenvalue weighted by molar-refractivity contribution is 7.89. The van der Waals surface area contributed by atoms with Crippen molar-refractivity contribution in [1.82, 2.24) is 14.9 Å². The molecule has 1 saturated heterocycles. The molecule has 112 valence electrons. The number of aryl methyl sites for hydroxylation is 1. The predicted molar refractivity (Wildman–Crippen MR) is 80.3 cm³/mol. The minimum absolute atomic E-state index is 0.0544. The molecule has 1 atom stereocenters. The molecule has 1 unspecified atom stereocenters. The van der Waals surface area contributed by atoms with Gasteiger partial charge in [0.1, 0.15) is 0 Å². The van der Waals surface area contributed by atoms with Crippen LogP contribution in [0.2, 0.25) is 0 Å². The second-order valence-electron chi connectivity index (χ2n) is 5.23. The quantitative estimate of drug-likeness (QED) is 0.838. The summed E-state index contributed by atoms with van der Waals surface area (Å²) in [6.45, 7) is 7.48. The molecule has 20 heavy (non-hydrogen) atoms. The maximum Gasteiger partial charge on any atom is 0.243 e. The molecule has 1 aliphatic rings. The summed E-state index contributed by atoms with van der Waals surface area (Å²) in [5.74, 6) is 0. The number of hydrogen-bond donors (Lipinski definition) is 2. The van der Waals surface area contributed by atoms with Crippen molar-refractivity contribution < 1.29 is 8.42 Å². The summed E-state index contributed by atoms with van der Waals surface area (Å²) in [7, 11) is -3.43. The molecule has 0 radical (unpaired) electrons. The number of nitrogens with one attached hydrogen (secondary N) is 2. The molecular weight excluding hydrogens is 274 g/mol. The van der Waals surface area contributed by atoms with E-state index in [1.54, 1.807) is 16.4 Å². The molecule has 0 aromatic heterocycles. The lowest BCUT2D eigenvalue weighted by Crippen LogP contribution is -2.45. The van der Waals surface area contributed by atoms with Crippen LogP contribution in [0.25, 0.3) is 0 Å². The van der Waals surface area contributed by atoms with Gasteiger partial charge in [0.2, 0.25) is 10.0 Å². The molecule has 0 saturated carbocycles. The molecule has 1 aromatic rings. The van der Waals surface area contributed by atoms with Crippen molar-refractivity contribution in [3.8, 4) is 0 Å². The van der Waals surface area contributed by atoms with Crippen LogP contribution in [0.15, 0.2) is 29.2 Å². The number of hydrogen-bond acceptors (Lipinski definition) is 4. The molecule has 1 heterocycles. The molecule has 1 fully saturated rings. The Bertz CT molecular complexity index is 528. The van der Waals surface area contributed by atoms with Crippen molar-refractivity contribution in [2.24, 2.45) is 0 Å². The summed E-state index contributed by atoms with van der Waals surface area (Å²) in [6.07, 6.45) is 0. The Labute approximate surface area is 121 Å². The Hall–Kier alpha value is -0.950. The molecule has 2 rings (SSSR count). The zero-order valence-corrected chi connectivity index (χ0v) is 12.9. The lowest BCUT2D eigenvalue weighted by Gasteiger charge is -2.27. The first-order valence-corrected chi connectivity index (χ1v) is 8.46. The molecular formula is C14H23N3O2S. The molecule has 1 aromatic carbocycles. The van der Waals surface area contributed by atoms with Crippen molar-refractivity contribution in [2.45, 2.75) is 24.8 Å². The lowest BCUT2D eigenvalue weighted by molar-refractivity contribution is 0.335. The minimum atomic E-state index is -3.43. The van der Waals surface area contributed by atoms with Crippen molar-refractivity contribution in [2.75, 3.05) is 32.7 Å². The van der Waals surface area contributed by atoms with Gasteiger partial charge in [-0.05, 0) is 26.0 Å². The van der Waals surface area contributed by atoms with Gasteiger partial charge in [-0.3, -0.25) is 0 Å². The Morgan fingerprint density at radius 2 is 1.75 bits per heavy atom. The summed E-state index contributed by atoms with van der Waals surface area (Å²) >= 11 is 0. The first-order valence-electron chi connectivity index (χ1n) is 7.02. The standard InChI is InChI=1S/C14H23N3O2S/c1-12-3-5-14(6-4-12)20(18,19)17-10-9-15-7-8-16-11-13(17)2/h3-6,13,15-16H,7-11H2,1-2H3. The largest absolute Gasteiger partial charge is 0.314 e. The van der Waals surface area contributed by atoms with Gasteiger partial charge in [0.25, 0.3) is 0 Å². The third-order valence-electron chi connectivity index (χ3n) is 3.55. The molecule has 1 aliphatic heterocycles. The molecule has 6 heteroatoms. The van der Waals surface area contributed by atoms with Gasteiger partial charge in [0.15, 0.2) is 0 Å². The maximum atomic E-state index is 12.8. The van der Waals surface area contributed by atoms with Gasteiger partial charge >= 0.3 is 0 Å². The van der Waals surface area contributed by atoms with E-state index in [2.05, 4.69) is 10.6 Å². The highest BCUT2D eigenvalue weighted by Gasteiger charge is 2.28. The second kappa shape index (κ2) is 6.67. The fraction of sp³-hybridized carbons (Fsp3) is 0.571. The summed E-state index contributed by atoms with van der Waals surface area (Å²) in [5.41, 5.74) is 1.06. The van der Waals surface area contributed by atoms with E-state index in [4.69, 9.17) is 0 Å². The van der Waals surface area contributed by atoms with Crippen LogP contribution in [0.4, 0.5) is 0 Å².